The van der Waals surface area contributed by atoms with Crippen molar-refractivity contribution in [2.45, 2.75) is 38.8 Å². The summed E-state index contributed by atoms with van der Waals surface area (Å²) in [4.78, 5) is 2.17. The normalized spacial score (nSPS) is 28.5. The van der Waals surface area contributed by atoms with E-state index in [0.717, 1.165) is 24.0 Å². The van der Waals surface area contributed by atoms with Crippen LogP contribution in [0.3, 0.4) is 0 Å². The van der Waals surface area contributed by atoms with Gasteiger partial charge in [0.1, 0.15) is 5.82 Å². The SMILES string of the molecule is CCC1(C)CN(c2ccc(Br)cc2F)C(C)CN1. The van der Waals surface area contributed by atoms with Crippen molar-refractivity contribution >= 4 is 21.6 Å². The Morgan fingerprint density at radius 3 is 2.89 bits per heavy atom. The average molecular weight is 315 g/mol. The van der Waals surface area contributed by atoms with Gasteiger partial charge in [-0.05, 0) is 38.5 Å². The Bertz CT molecular complexity index is 438. The highest BCUT2D eigenvalue weighted by atomic mass is 79.9. The van der Waals surface area contributed by atoms with Gasteiger partial charge in [-0.2, -0.15) is 0 Å². The third kappa shape index (κ3) is 2.69. The second kappa shape index (κ2) is 5.17. The number of nitrogens with one attached hydrogen (secondary N) is 1. The Balaban J connectivity index is 2.30. The summed E-state index contributed by atoms with van der Waals surface area (Å²) in [6.45, 7) is 8.22. The number of benzene rings is 1. The van der Waals surface area contributed by atoms with E-state index in [-0.39, 0.29) is 11.4 Å². The quantitative estimate of drug-likeness (QED) is 0.898. The molecular formula is C14H20BrFN2. The fourth-order valence-corrected chi connectivity index (χ4v) is 2.70. The van der Waals surface area contributed by atoms with Crippen molar-refractivity contribution < 1.29 is 4.39 Å². The highest BCUT2D eigenvalue weighted by molar-refractivity contribution is 9.10. The molecule has 0 aliphatic carbocycles. The summed E-state index contributed by atoms with van der Waals surface area (Å²) >= 11 is 3.30. The van der Waals surface area contributed by atoms with Crippen LogP contribution in [0.15, 0.2) is 22.7 Å². The van der Waals surface area contributed by atoms with Gasteiger partial charge in [0.25, 0.3) is 0 Å². The molecule has 18 heavy (non-hydrogen) atoms. The Labute approximate surface area is 117 Å². The third-order valence-corrected chi connectivity index (χ3v) is 4.37. The lowest BCUT2D eigenvalue weighted by atomic mass is 9.93. The smallest absolute Gasteiger partial charge is 0.147 e. The first-order valence-corrected chi connectivity index (χ1v) is 7.21. The van der Waals surface area contributed by atoms with Crippen LogP contribution in [-0.2, 0) is 0 Å². The second-order valence-electron chi connectivity index (χ2n) is 5.37. The molecule has 1 heterocycles. The monoisotopic (exact) mass is 314 g/mol. The fourth-order valence-electron chi connectivity index (χ4n) is 2.37. The fraction of sp³-hybridized carbons (Fsp3) is 0.571. The molecule has 1 aliphatic rings. The third-order valence-electron chi connectivity index (χ3n) is 3.88. The van der Waals surface area contributed by atoms with Crippen molar-refractivity contribution in [2.24, 2.45) is 0 Å². The molecule has 0 spiro atoms. The van der Waals surface area contributed by atoms with Crippen molar-refractivity contribution in [1.82, 2.24) is 5.32 Å². The van der Waals surface area contributed by atoms with E-state index >= 15 is 0 Å². The maximum Gasteiger partial charge on any atom is 0.147 e. The minimum Gasteiger partial charge on any atom is -0.363 e. The Morgan fingerprint density at radius 1 is 1.56 bits per heavy atom. The zero-order valence-electron chi connectivity index (χ0n) is 11.1. The van der Waals surface area contributed by atoms with Crippen LogP contribution in [0.1, 0.15) is 27.2 Å². The lowest BCUT2D eigenvalue weighted by molar-refractivity contribution is 0.284. The number of piperazine rings is 1. The van der Waals surface area contributed by atoms with Crippen LogP contribution in [0, 0.1) is 5.82 Å². The number of nitrogens with zero attached hydrogens (tertiary/aromatic N) is 1. The molecule has 0 aromatic heterocycles. The summed E-state index contributed by atoms with van der Waals surface area (Å²) in [5.41, 5.74) is 0.762. The molecule has 1 saturated heterocycles. The molecule has 4 heteroatoms. The van der Waals surface area contributed by atoms with E-state index in [1.807, 2.05) is 12.1 Å². The number of hydrogen-bond donors (Lipinski definition) is 1. The number of anilines is 1. The maximum atomic E-state index is 14.1. The lowest BCUT2D eigenvalue weighted by Gasteiger charge is -2.46. The Morgan fingerprint density at radius 2 is 2.28 bits per heavy atom. The van der Waals surface area contributed by atoms with Crippen LogP contribution < -0.4 is 10.2 Å². The van der Waals surface area contributed by atoms with Crippen molar-refractivity contribution in [1.29, 1.82) is 0 Å². The second-order valence-corrected chi connectivity index (χ2v) is 6.28. The number of rotatable bonds is 2. The van der Waals surface area contributed by atoms with E-state index in [1.54, 1.807) is 0 Å². The van der Waals surface area contributed by atoms with Crippen molar-refractivity contribution in [3.8, 4) is 0 Å². The molecule has 2 atom stereocenters. The average Bonchev–Trinajstić information content (AvgIpc) is 2.33. The van der Waals surface area contributed by atoms with Crippen LogP contribution >= 0.6 is 15.9 Å². The van der Waals surface area contributed by atoms with Crippen molar-refractivity contribution in [3.05, 3.63) is 28.5 Å². The van der Waals surface area contributed by atoms with E-state index in [9.17, 15) is 4.39 Å². The van der Waals surface area contributed by atoms with Gasteiger partial charge in [-0.25, -0.2) is 4.39 Å². The van der Waals surface area contributed by atoms with E-state index in [2.05, 4.69) is 46.9 Å². The molecule has 0 bridgehead atoms. The molecule has 1 aromatic carbocycles. The molecule has 2 nitrogen and oxygen atoms in total. The van der Waals surface area contributed by atoms with Gasteiger partial charge in [-0.3, -0.25) is 0 Å². The van der Waals surface area contributed by atoms with Gasteiger partial charge < -0.3 is 10.2 Å². The van der Waals surface area contributed by atoms with Gasteiger partial charge in [0, 0.05) is 29.1 Å². The molecule has 0 radical (unpaired) electrons. The predicted molar refractivity (Wildman–Crippen MR) is 77.6 cm³/mol. The summed E-state index contributed by atoms with van der Waals surface area (Å²) in [7, 11) is 0. The minimum absolute atomic E-state index is 0.0615. The van der Waals surface area contributed by atoms with Crippen LogP contribution in [0.4, 0.5) is 10.1 Å². The van der Waals surface area contributed by atoms with E-state index < -0.39 is 0 Å². The first-order valence-electron chi connectivity index (χ1n) is 6.42. The highest BCUT2D eigenvalue weighted by Gasteiger charge is 2.33. The topological polar surface area (TPSA) is 15.3 Å². The summed E-state index contributed by atoms with van der Waals surface area (Å²) in [6.07, 6.45) is 1.04. The van der Waals surface area contributed by atoms with Crippen LogP contribution in [0.5, 0.6) is 0 Å². The molecular weight excluding hydrogens is 295 g/mol. The number of halogens is 2. The Hall–Kier alpha value is -0.610. The molecule has 1 aliphatic heterocycles. The van der Waals surface area contributed by atoms with Gasteiger partial charge in [-0.15, -0.1) is 0 Å². The molecule has 0 amide bonds. The van der Waals surface area contributed by atoms with Gasteiger partial charge in [0.05, 0.1) is 5.69 Å². The minimum atomic E-state index is -0.156. The van der Waals surface area contributed by atoms with Gasteiger partial charge in [0.15, 0.2) is 0 Å². The molecule has 2 rings (SSSR count). The molecule has 100 valence electrons. The summed E-state index contributed by atoms with van der Waals surface area (Å²) < 4.78 is 14.9. The predicted octanol–water partition coefficient (Wildman–Crippen LogP) is 3.56. The zero-order valence-corrected chi connectivity index (χ0v) is 12.7. The van der Waals surface area contributed by atoms with Crippen molar-refractivity contribution in [2.75, 3.05) is 18.0 Å². The zero-order chi connectivity index (χ0) is 13.3. The standard InChI is InChI=1S/C14H20BrFN2/c1-4-14(3)9-18(10(2)8-17-14)13-6-5-11(15)7-12(13)16/h5-7,10,17H,4,8-9H2,1-3H3. The van der Waals surface area contributed by atoms with E-state index in [4.69, 9.17) is 0 Å². The summed E-state index contributed by atoms with van der Waals surface area (Å²) in [5.74, 6) is -0.156. The van der Waals surface area contributed by atoms with Crippen molar-refractivity contribution in [3.63, 3.8) is 0 Å². The molecule has 1 N–H and O–H groups in total. The molecule has 1 aromatic rings. The van der Waals surface area contributed by atoms with Crippen LogP contribution in [0.2, 0.25) is 0 Å². The molecule has 1 fully saturated rings. The van der Waals surface area contributed by atoms with Gasteiger partial charge >= 0.3 is 0 Å². The van der Waals surface area contributed by atoms with Gasteiger partial charge in [-0.1, -0.05) is 22.9 Å². The van der Waals surface area contributed by atoms with Crippen LogP contribution in [0.25, 0.3) is 0 Å². The van der Waals surface area contributed by atoms with E-state index in [0.29, 0.717) is 11.7 Å². The largest absolute Gasteiger partial charge is 0.363 e. The first-order chi connectivity index (χ1) is 8.45. The summed E-state index contributed by atoms with van der Waals surface area (Å²) in [6, 6.07) is 5.60. The van der Waals surface area contributed by atoms with Gasteiger partial charge in [0.2, 0.25) is 0 Å². The van der Waals surface area contributed by atoms with Crippen LogP contribution in [-0.4, -0.2) is 24.7 Å². The molecule has 2 unspecified atom stereocenters. The number of hydrogen-bond acceptors (Lipinski definition) is 2. The first kappa shape index (κ1) is 13.8. The van der Waals surface area contributed by atoms with E-state index in [1.165, 1.54) is 6.07 Å². The lowest BCUT2D eigenvalue weighted by Crippen LogP contribution is -2.62. The summed E-state index contributed by atoms with van der Waals surface area (Å²) in [5, 5.41) is 3.55. The maximum absolute atomic E-state index is 14.1. The highest BCUT2D eigenvalue weighted by Crippen LogP contribution is 2.29. The Kier molecular flexibility index (Phi) is 3.97. The molecule has 0 saturated carbocycles.